The van der Waals surface area contributed by atoms with E-state index in [-0.39, 0.29) is 0 Å². The molecule has 3 nitrogen and oxygen atoms in total. The molecule has 2 aliphatic heterocycles. The van der Waals surface area contributed by atoms with E-state index in [0.29, 0.717) is 18.0 Å². The molecular weight excluding hydrogens is 342 g/mol. The third-order valence-corrected chi connectivity index (χ3v) is 8.25. The average molecular weight is 370 g/mol. The Kier molecular flexibility index (Phi) is 3.26. The van der Waals surface area contributed by atoms with E-state index < -0.39 is 0 Å². The van der Waals surface area contributed by atoms with Gasteiger partial charge in [0.15, 0.2) is 0 Å². The Bertz CT molecular complexity index is 1020. The molecule has 142 valence electrons. The maximum atomic E-state index is 9.40. The molecule has 2 aromatic rings. The van der Waals surface area contributed by atoms with E-state index in [0.717, 1.165) is 17.4 Å². The highest BCUT2D eigenvalue weighted by Gasteiger charge is 2.46. The summed E-state index contributed by atoms with van der Waals surface area (Å²) >= 11 is 0. The molecule has 3 atom stereocenters. The maximum absolute atomic E-state index is 9.40. The topological polar surface area (TPSA) is 30.3 Å². The van der Waals surface area contributed by atoms with Crippen LogP contribution in [-0.4, -0.2) is 13.2 Å². The Morgan fingerprint density at radius 2 is 1.50 bits per heavy atom. The summed E-state index contributed by atoms with van der Waals surface area (Å²) in [6.45, 7) is 4.69. The minimum absolute atomic E-state index is 0.354. The lowest BCUT2D eigenvalue weighted by Gasteiger charge is -2.44. The molecule has 1 saturated carbocycles. The lowest BCUT2D eigenvalue weighted by Crippen LogP contribution is -2.48. The van der Waals surface area contributed by atoms with Crippen LogP contribution in [0.15, 0.2) is 30.3 Å². The van der Waals surface area contributed by atoms with Crippen LogP contribution in [0, 0.1) is 17.2 Å². The highest BCUT2D eigenvalue weighted by molar-refractivity contribution is 5.87. The smallest absolute Gasteiger partial charge is 0.109 e. The third-order valence-electron chi connectivity index (χ3n) is 8.25. The van der Waals surface area contributed by atoms with E-state index in [9.17, 15) is 5.26 Å². The third kappa shape index (κ3) is 1.94. The van der Waals surface area contributed by atoms with Gasteiger partial charge in [-0.15, -0.1) is 0 Å². The van der Waals surface area contributed by atoms with Crippen molar-refractivity contribution < 1.29 is 0 Å². The molecule has 0 radical (unpaired) electrons. The van der Waals surface area contributed by atoms with Crippen molar-refractivity contribution in [2.45, 2.75) is 63.5 Å². The first-order valence-electron chi connectivity index (χ1n) is 10.8. The average Bonchev–Trinajstić information content (AvgIpc) is 3.03. The lowest BCUT2D eigenvalue weighted by molar-refractivity contribution is 0.359. The van der Waals surface area contributed by atoms with Crippen molar-refractivity contribution >= 4 is 17.1 Å². The standard InChI is InChI=1S/C25H27N3/c1-14-15(2)25-27(3)23-11-20-17-5-7-18(8-6-17)21(20)12-24(23)28(25)22-9-4-16(13-26)10-19(14)22/h4,9-12,14-15,17-18,25H,5-8H2,1-3H3. The van der Waals surface area contributed by atoms with Crippen molar-refractivity contribution in [3.8, 4) is 6.07 Å². The van der Waals surface area contributed by atoms with Crippen LogP contribution in [0.3, 0.4) is 0 Å². The van der Waals surface area contributed by atoms with Gasteiger partial charge < -0.3 is 9.80 Å². The molecule has 2 aromatic carbocycles. The molecule has 2 bridgehead atoms. The van der Waals surface area contributed by atoms with E-state index in [2.05, 4.69) is 61.0 Å². The predicted octanol–water partition coefficient (Wildman–Crippen LogP) is 5.98. The first kappa shape index (κ1) is 16.5. The molecule has 3 aliphatic carbocycles. The molecule has 0 N–H and O–H groups in total. The quantitative estimate of drug-likeness (QED) is 0.572. The van der Waals surface area contributed by atoms with Gasteiger partial charge in [0.25, 0.3) is 0 Å². The van der Waals surface area contributed by atoms with Gasteiger partial charge in [0, 0.05) is 18.7 Å². The second kappa shape index (κ2) is 5.54. The first-order valence-corrected chi connectivity index (χ1v) is 10.8. The number of hydrogen-bond donors (Lipinski definition) is 0. The zero-order chi connectivity index (χ0) is 19.2. The molecular formula is C25H27N3. The van der Waals surface area contributed by atoms with E-state index in [4.69, 9.17) is 0 Å². The van der Waals surface area contributed by atoms with E-state index in [1.807, 2.05) is 6.07 Å². The van der Waals surface area contributed by atoms with Crippen molar-refractivity contribution in [3.05, 3.63) is 52.6 Å². The minimum Gasteiger partial charge on any atom is -0.352 e. The summed E-state index contributed by atoms with van der Waals surface area (Å²) in [6.07, 6.45) is 5.84. The fourth-order valence-electron chi connectivity index (χ4n) is 6.58. The summed E-state index contributed by atoms with van der Waals surface area (Å²) < 4.78 is 0. The summed E-state index contributed by atoms with van der Waals surface area (Å²) in [5.74, 6) is 2.47. The van der Waals surface area contributed by atoms with Gasteiger partial charge in [-0.3, -0.25) is 0 Å². The molecule has 2 heterocycles. The van der Waals surface area contributed by atoms with Gasteiger partial charge in [-0.05, 0) is 90.5 Å². The highest BCUT2D eigenvalue weighted by Crippen LogP contribution is 2.57. The van der Waals surface area contributed by atoms with E-state index >= 15 is 0 Å². The molecule has 3 unspecified atom stereocenters. The summed E-state index contributed by atoms with van der Waals surface area (Å²) in [6, 6.07) is 13.7. The van der Waals surface area contributed by atoms with Crippen molar-refractivity contribution in [1.29, 1.82) is 5.26 Å². The summed E-state index contributed by atoms with van der Waals surface area (Å²) in [4.78, 5) is 5.08. The molecule has 0 aromatic heterocycles. The predicted molar refractivity (Wildman–Crippen MR) is 113 cm³/mol. The Balaban J connectivity index is 1.57. The normalized spacial score (nSPS) is 31.7. The summed E-state index contributed by atoms with van der Waals surface area (Å²) in [7, 11) is 2.27. The largest absolute Gasteiger partial charge is 0.352 e. The summed E-state index contributed by atoms with van der Waals surface area (Å²) in [5.41, 5.74) is 9.41. The number of nitrogens with zero attached hydrogens (tertiary/aromatic N) is 3. The zero-order valence-electron chi connectivity index (χ0n) is 16.9. The minimum atomic E-state index is 0.354. The fourth-order valence-corrected chi connectivity index (χ4v) is 6.58. The number of anilines is 3. The van der Waals surface area contributed by atoms with Crippen LogP contribution >= 0.6 is 0 Å². The Labute approximate surface area is 167 Å². The molecule has 28 heavy (non-hydrogen) atoms. The highest BCUT2D eigenvalue weighted by atomic mass is 15.4. The van der Waals surface area contributed by atoms with Crippen LogP contribution in [0.25, 0.3) is 0 Å². The van der Waals surface area contributed by atoms with Crippen molar-refractivity contribution in [2.75, 3.05) is 16.8 Å². The van der Waals surface area contributed by atoms with Crippen molar-refractivity contribution in [3.63, 3.8) is 0 Å². The van der Waals surface area contributed by atoms with Gasteiger partial charge in [0.05, 0.1) is 23.0 Å². The number of benzene rings is 2. The monoisotopic (exact) mass is 369 g/mol. The van der Waals surface area contributed by atoms with Crippen molar-refractivity contribution in [2.24, 2.45) is 5.92 Å². The second-order valence-electron chi connectivity index (χ2n) is 9.45. The molecule has 7 rings (SSSR count). The van der Waals surface area contributed by atoms with Crippen LogP contribution in [0.4, 0.5) is 17.1 Å². The van der Waals surface area contributed by atoms with Crippen LogP contribution in [0.2, 0.25) is 0 Å². The van der Waals surface area contributed by atoms with Crippen LogP contribution in [-0.2, 0) is 0 Å². The number of fused-ring (bicyclic) bond motifs is 7. The Morgan fingerprint density at radius 3 is 2.14 bits per heavy atom. The molecule has 3 heteroatoms. The van der Waals surface area contributed by atoms with Gasteiger partial charge in [0.1, 0.15) is 6.17 Å². The van der Waals surface area contributed by atoms with Gasteiger partial charge in [-0.2, -0.15) is 5.26 Å². The van der Waals surface area contributed by atoms with E-state index in [1.54, 1.807) is 11.1 Å². The number of nitriles is 1. The van der Waals surface area contributed by atoms with Crippen molar-refractivity contribution in [1.82, 2.24) is 0 Å². The maximum Gasteiger partial charge on any atom is 0.109 e. The number of rotatable bonds is 0. The molecule has 1 fully saturated rings. The Morgan fingerprint density at radius 1 is 0.857 bits per heavy atom. The summed E-state index contributed by atoms with van der Waals surface area (Å²) in [5, 5.41) is 9.40. The Hall–Kier alpha value is -2.47. The second-order valence-corrected chi connectivity index (χ2v) is 9.45. The lowest BCUT2D eigenvalue weighted by atomic mass is 9.67. The van der Waals surface area contributed by atoms with Crippen LogP contribution in [0.1, 0.15) is 79.5 Å². The number of hydrogen-bond acceptors (Lipinski definition) is 3. The van der Waals surface area contributed by atoms with Gasteiger partial charge >= 0.3 is 0 Å². The molecule has 0 amide bonds. The van der Waals surface area contributed by atoms with Crippen LogP contribution < -0.4 is 9.80 Å². The van der Waals surface area contributed by atoms with E-state index in [1.165, 1.54) is 48.3 Å². The fraction of sp³-hybridized carbons (Fsp3) is 0.480. The molecule has 0 spiro atoms. The van der Waals surface area contributed by atoms with Crippen LogP contribution in [0.5, 0.6) is 0 Å². The van der Waals surface area contributed by atoms with Gasteiger partial charge in [-0.1, -0.05) is 13.8 Å². The molecule has 5 aliphatic rings. The molecule has 0 saturated heterocycles. The van der Waals surface area contributed by atoms with Gasteiger partial charge in [0.2, 0.25) is 0 Å². The zero-order valence-corrected chi connectivity index (χ0v) is 16.9. The first-order chi connectivity index (χ1) is 13.6. The SMILES string of the molecule is CC1c2cc(C#N)ccc2N2c3cc4c(cc3N(C)C2C1C)C1CCC4CC1. The van der Waals surface area contributed by atoms with Gasteiger partial charge in [-0.25, -0.2) is 0 Å².